The van der Waals surface area contributed by atoms with Crippen molar-refractivity contribution in [3.05, 3.63) is 23.3 Å². The van der Waals surface area contributed by atoms with Crippen molar-refractivity contribution in [3.63, 3.8) is 0 Å². The molecule has 0 aliphatic carbocycles. The maximum absolute atomic E-state index is 13.3. The Balaban J connectivity index is 2.33. The number of piperidine rings is 1. The molecule has 1 saturated heterocycles. The molecule has 23 heavy (non-hydrogen) atoms. The number of hydrogen-bond donors (Lipinski definition) is 0. The number of rotatable bonds is 4. The minimum absolute atomic E-state index is 0.0979. The molecule has 0 amide bonds. The first-order valence-corrected chi connectivity index (χ1v) is 7.32. The van der Waals surface area contributed by atoms with Crippen LogP contribution in [0.4, 0.5) is 0 Å². The minimum Gasteiger partial charge on any atom is -0.493 e. The molecule has 2 aliphatic heterocycles. The van der Waals surface area contributed by atoms with Crippen molar-refractivity contribution in [1.29, 1.82) is 0 Å². The molecule has 1 aromatic carbocycles. The number of ether oxygens (including phenoxy) is 2. The molecule has 0 N–H and O–H groups in total. The van der Waals surface area contributed by atoms with Crippen LogP contribution in [0.5, 0.6) is 11.5 Å². The van der Waals surface area contributed by atoms with Crippen LogP contribution in [-0.4, -0.2) is 37.8 Å². The molecule has 2 aliphatic rings. The Labute approximate surface area is 157 Å². The molecule has 0 saturated carbocycles. The lowest BCUT2D eigenvalue weighted by molar-refractivity contribution is -0.129. The largest absolute Gasteiger partial charge is 0.493 e. The Kier molecular flexibility index (Phi) is 1.91. The second-order valence-corrected chi connectivity index (χ2v) is 6.03. The fourth-order valence-electron chi connectivity index (χ4n) is 2.87. The van der Waals surface area contributed by atoms with Crippen LogP contribution in [0.2, 0.25) is 0 Å². The molecule has 1 fully saturated rings. The third-order valence-corrected chi connectivity index (χ3v) is 3.88. The van der Waals surface area contributed by atoms with E-state index in [2.05, 4.69) is 0 Å². The van der Waals surface area contributed by atoms with Gasteiger partial charge in [0.2, 0.25) is 0 Å². The number of hydrogen-bond acceptors (Lipinski definition) is 4. The summed E-state index contributed by atoms with van der Waals surface area (Å²) in [6.07, 6.45) is -5.91. The molecule has 2 unspecified atom stereocenters. The van der Waals surface area contributed by atoms with Crippen molar-refractivity contribution in [2.45, 2.75) is 39.1 Å². The van der Waals surface area contributed by atoms with Gasteiger partial charge < -0.3 is 9.47 Å². The molecule has 0 bridgehead atoms. The molecular weight excluding hydrogens is 290 g/mol. The Morgan fingerprint density at radius 2 is 2.13 bits per heavy atom. The zero-order valence-corrected chi connectivity index (χ0v) is 12.9. The second kappa shape index (κ2) is 6.52. The minimum atomic E-state index is -3.11. The fraction of sp³-hybridized carbons (Fsp3) is 0.632. The van der Waals surface area contributed by atoms with Crippen molar-refractivity contribution >= 4 is 5.78 Å². The summed E-state index contributed by atoms with van der Waals surface area (Å²) in [5.74, 6) is -4.79. The van der Waals surface area contributed by atoms with Crippen molar-refractivity contribution in [2.24, 2.45) is 11.8 Å². The third kappa shape index (κ3) is 3.09. The first kappa shape index (κ1) is 6.75. The van der Waals surface area contributed by atoms with Gasteiger partial charge >= 0.3 is 0 Å². The highest BCUT2D eigenvalue weighted by molar-refractivity contribution is 5.83. The van der Waals surface area contributed by atoms with Crippen LogP contribution in [0, 0.1) is 11.8 Å². The zero-order valence-electron chi connectivity index (χ0n) is 25.9. The number of carbonyl (C=O) groups excluding carboxylic acids is 1. The second-order valence-electron chi connectivity index (χ2n) is 6.03. The Morgan fingerprint density at radius 1 is 1.39 bits per heavy atom. The lowest BCUT2D eigenvalue weighted by Gasteiger charge is -2.43. The summed E-state index contributed by atoms with van der Waals surface area (Å²) in [5, 5.41) is 0. The van der Waals surface area contributed by atoms with Gasteiger partial charge in [0.25, 0.3) is 0 Å². The van der Waals surface area contributed by atoms with Crippen molar-refractivity contribution in [1.82, 2.24) is 4.90 Å². The number of ketones is 1. The van der Waals surface area contributed by atoms with Gasteiger partial charge in [0.1, 0.15) is 5.78 Å². The van der Waals surface area contributed by atoms with E-state index < -0.39 is 74.6 Å². The van der Waals surface area contributed by atoms with Gasteiger partial charge in [0.15, 0.2) is 11.5 Å². The number of carbonyl (C=O) groups is 1. The lowest BCUT2D eigenvalue weighted by Crippen LogP contribution is -2.46. The molecule has 0 spiro atoms. The van der Waals surface area contributed by atoms with Gasteiger partial charge in [-0.3, -0.25) is 9.69 Å². The average Bonchev–Trinajstić information content (AvgIpc) is 2.63. The van der Waals surface area contributed by atoms with Gasteiger partial charge in [-0.25, -0.2) is 0 Å². The topological polar surface area (TPSA) is 38.8 Å². The lowest BCUT2D eigenvalue weighted by atomic mass is 9.80. The fourth-order valence-corrected chi connectivity index (χ4v) is 2.87. The standard InChI is InChI=1S/C19H27NO3/c1-12(2)7-14-11-20-6-5-13-8-18(22-3)19(23-4)9-15(13)16(20)10-17(14)21/h8-9,12,14,16H,5-7,10-11H2,1-4H3/i3D3,4D3,5D2,6D2,10D2,14D. The van der Waals surface area contributed by atoms with Gasteiger partial charge in [-0.2, -0.15) is 0 Å². The summed E-state index contributed by atoms with van der Waals surface area (Å²) in [6, 6.07) is -0.113. The quantitative estimate of drug-likeness (QED) is 0.849. The molecule has 0 aromatic heterocycles. The smallest absolute Gasteiger partial charge is 0.161 e. The number of fused-ring (bicyclic) bond motifs is 3. The molecule has 1 aromatic rings. The van der Waals surface area contributed by atoms with E-state index in [9.17, 15) is 4.79 Å². The van der Waals surface area contributed by atoms with Gasteiger partial charge in [-0.15, -0.1) is 0 Å². The van der Waals surface area contributed by atoms with E-state index in [0.717, 1.165) is 17.0 Å². The summed E-state index contributed by atoms with van der Waals surface area (Å²) in [5.41, 5.74) is -0.832. The highest BCUT2D eigenvalue weighted by atomic mass is 16.5. The number of methoxy groups -OCH3 is 2. The SMILES string of the molecule is [2H]C([2H])([2H])Oc1cc2c(cc1OC([2H])([2H])[2H])C([2H])([2H])C([2H])([2H])N1CC([2H])(CC(C)C)C(=O)C([2H])([2H])C21. The summed E-state index contributed by atoms with van der Waals surface area (Å²) in [7, 11) is -6.21. The third-order valence-electron chi connectivity index (χ3n) is 3.88. The van der Waals surface area contributed by atoms with E-state index in [-0.39, 0.29) is 17.9 Å². The predicted molar refractivity (Wildman–Crippen MR) is 90.1 cm³/mol. The Hall–Kier alpha value is -1.55. The summed E-state index contributed by atoms with van der Waals surface area (Å²) in [4.78, 5) is 14.1. The van der Waals surface area contributed by atoms with Crippen LogP contribution in [0.25, 0.3) is 0 Å². The van der Waals surface area contributed by atoms with Crippen LogP contribution in [0.1, 0.15) is 61.6 Å². The number of Topliss-reactive ketones (excluding diaryl/α,β-unsaturated/α-hetero) is 1. The van der Waals surface area contributed by atoms with Crippen LogP contribution in [0.3, 0.4) is 0 Å². The number of benzene rings is 1. The predicted octanol–water partition coefficient (Wildman–Crippen LogP) is 3.24. The van der Waals surface area contributed by atoms with E-state index in [1.54, 1.807) is 13.8 Å². The molecule has 0 radical (unpaired) electrons. The first-order valence-electron chi connectivity index (χ1n) is 13.8. The highest BCUT2D eigenvalue weighted by Gasteiger charge is 2.38. The van der Waals surface area contributed by atoms with Crippen molar-refractivity contribution in [3.8, 4) is 11.5 Å². The average molecular weight is 331 g/mol. The van der Waals surface area contributed by atoms with E-state index in [4.69, 9.17) is 27.3 Å². The Morgan fingerprint density at radius 3 is 2.83 bits per heavy atom. The zero-order chi connectivity index (χ0) is 27.9. The summed E-state index contributed by atoms with van der Waals surface area (Å²) in [6.45, 7) is -0.139. The van der Waals surface area contributed by atoms with E-state index >= 15 is 0 Å². The Bertz CT molecular complexity index is 1050. The van der Waals surface area contributed by atoms with Gasteiger partial charge in [-0.05, 0) is 42.0 Å². The van der Waals surface area contributed by atoms with Crippen LogP contribution in [0.15, 0.2) is 12.1 Å². The van der Waals surface area contributed by atoms with E-state index in [1.165, 1.54) is 0 Å². The highest BCUT2D eigenvalue weighted by Crippen LogP contribution is 2.42. The molecule has 2 heterocycles. The normalized spacial score (nSPS) is 43.5. The number of nitrogens with zero attached hydrogens (tertiary/aromatic N) is 1. The maximum Gasteiger partial charge on any atom is 0.161 e. The molecule has 126 valence electrons. The monoisotopic (exact) mass is 330 g/mol. The molecule has 2 atom stereocenters. The molecular formula is C19H27NO3. The van der Waals surface area contributed by atoms with Gasteiger partial charge in [-0.1, -0.05) is 13.8 Å². The van der Waals surface area contributed by atoms with Crippen LogP contribution >= 0.6 is 0 Å². The maximum atomic E-state index is 13.3. The van der Waals surface area contributed by atoms with E-state index in [0.29, 0.717) is 0 Å². The van der Waals surface area contributed by atoms with Crippen molar-refractivity contribution in [2.75, 3.05) is 27.1 Å². The first-order chi connectivity index (χ1) is 15.9. The van der Waals surface area contributed by atoms with E-state index in [1.807, 2.05) is 0 Å². The molecule has 3 rings (SSSR count). The van der Waals surface area contributed by atoms with Crippen LogP contribution < -0.4 is 9.47 Å². The van der Waals surface area contributed by atoms with Gasteiger partial charge in [0, 0.05) is 40.9 Å². The summed E-state index contributed by atoms with van der Waals surface area (Å²) >= 11 is 0. The van der Waals surface area contributed by atoms with Crippen molar-refractivity contribution < 1.29 is 32.1 Å². The summed E-state index contributed by atoms with van der Waals surface area (Å²) < 4.78 is 114. The number of aryl methyl sites for hydroxylation is 1. The van der Waals surface area contributed by atoms with Gasteiger partial charge in [0.05, 0.1) is 22.3 Å². The molecule has 4 nitrogen and oxygen atoms in total. The molecule has 4 heteroatoms. The van der Waals surface area contributed by atoms with Crippen LogP contribution in [-0.2, 0) is 11.2 Å².